The molecule has 0 aliphatic heterocycles. The van der Waals surface area contributed by atoms with Crippen LogP contribution in [0.15, 0.2) is 18.2 Å². The Hall–Kier alpha value is -0.680. The van der Waals surface area contributed by atoms with Crippen molar-refractivity contribution in [2.45, 2.75) is 32.4 Å². The van der Waals surface area contributed by atoms with E-state index in [2.05, 4.69) is 11.2 Å². The minimum absolute atomic E-state index is 0.0602. The van der Waals surface area contributed by atoms with Crippen LogP contribution in [0.3, 0.4) is 0 Å². The molecule has 3 heteroatoms. The lowest BCUT2D eigenvalue weighted by molar-refractivity contribution is 0.512. The summed E-state index contributed by atoms with van der Waals surface area (Å²) in [5.41, 5.74) is 0.975. The zero-order valence-electron chi connectivity index (χ0n) is 9.43. The zero-order valence-corrected chi connectivity index (χ0v) is 10.9. The Morgan fingerprint density at radius 3 is 2.69 bits per heavy atom. The molecule has 2 atom stereocenters. The van der Waals surface area contributed by atoms with E-state index in [1.165, 1.54) is 0 Å². The van der Waals surface area contributed by atoms with Crippen LogP contribution in [-0.2, 0) is 0 Å². The van der Waals surface area contributed by atoms with E-state index in [0.29, 0.717) is 10.0 Å². The van der Waals surface area contributed by atoms with E-state index in [0.717, 1.165) is 12.0 Å². The normalized spacial score (nSPS) is 14.2. The average Bonchev–Trinajstić information content (AvgIpc) is 2.29. The van der Waals surface area contributed by atoms with Gasteiger partial charge in [-0.05, 0) is 25.0 Å². The molecule has 16 heavy (non-hydrogen) atoms. The highest BCUT2D eigenvalue weighted by Crippen LogP contribution is 2.29. The highest BCUT2D eigenvalue weighted by atomic mass is 35.5. The van der Waals surface area contributed by atoms with Crippen LogP contribution in [0.2, 0.25) is 10.0 Å². The Morgan fingerprint density at radius 2 is 2.12 bits per heavy atom. The van der Waals surface area contributed by atoms with Crippen molar-refractivity contribution in [2.75, 3.05) is 0 Å². The molecule has 0 radical (unpaired) electrons. The number of hydrogen-bond donors (Lipinski definition) is 1. The molecule has 1 N–H and O–H groups in total. The van der Waals surface area contributed by atoms with E-state index >= 15 is 0 Å². The molecule has 1 aromatic rings. The number of rotatable bonds is 4. The van der Waals surface area contributed by atoms with E-state index < -0.39 is 0 Å². The molecule has 1 rings (SSSR count). The first-order chi connectivity index (χ1) is 7.60. The number of hydrogen-bond acceptors (Lipinski definition) is 1. The topological polar surface area (TPSA) is 12.0 Å². The van der Waals surface area contributed by atoms with Crippen LogP contribution in [0.5, 0.6) is 0 Å². The summed E-state index contributed by atoms with van der Waals surface area (Å²) in [7, 11) is 0. The van der Waals surface area contributed by atoms with Crippen molar-refractivity contribution in [1.82, 2.24) is 5.32 Å². The minimum Gasteiger partial charge on any atom is -0.297 e. The van der Waals surface area contributed by atoms with Crippen molar-refractivity contribution in [3.05, 3.63) is 33.8 Å². The minimum atomic E-state index is 0.0602. The molecule has 0 aliphatic carbocycles. The summed E-state index contributed by atoms with van der Waals surface area (Å²) < 4.78 is 0. The quantitative estimate of drug-likeness (QED) is 0.801. The van der Waals surface area contributed by atoms with Crippen molar-refractivity contribution in [3.63, 3.8) is 0 Å². The first kappa shape index (κ1) is 13.4. The van der Waals surface area contributed by atoms with Crippen LogP contribution < -0.4 is 5.32 Å². The molecular weight excluding hydrogens is 241 g/mol. The maximum absolute atomic E-state index is 6.13. The molecule has 0 aliphatic rings. The lowest BCUT2D eigenvalue weighted by Gasteiger charge is -2.19. The summed E-state index contributed by atoms with van der Waals surface area (Å²) in [6.07, 6.45) is 6.29. The Morgan fingerprint density at radius 1 is 1.44 bits per heavy atom. The molecule has 1 aromatic carbocycles. The molecular formula is C13H15Cl2N. The first-order valence-electron chi connectivity index (χ1n) is 5.26. The predicted octanol–water partition coefficient (Wildman–Crippen LogP) is 4.06. The Bertz CT molecular complexity index is 395. The third kappa shape index (κ3) is 3.15. The van der Waals surface area contributed by atoms with Crippen molar-refractivity contribution >= 4 is 23.2 Å². The van der Waals surface area contributed by atoms with Gasteiger partial charge in [-0.25, -0.2) is 0 Å². The average molecular weight is 256 g/mol. The molecule has 0 saturated carbocycles. The van der Waals surface area contributed by atoms with Crippen LogP contribution >= 0.6 is 23.2 Å². The second-order valence-electron chi connectivity index (χ2n) is 3.66. The van der Waals surface area contributed by atoms with E-state index in [1.807, 2.05) is 26.0 Å². The summed E-state index contributed by atoms with van der Waals surface area (Å²) in [5, 5.41) is 4.49. The molecule has 1 nitrogen and oxygen atoms in total. The highest BCUT2D eigenvalue weighted by Gasteiger charge is 2.13. The lowest BCUT2D eigenvalue weighted by Crippen LogP contribution is -2.29. The van der Waals surface area contributed by atoms with Gasteiger partial charge >= 0.3 is 0 Å². The SMILES string of the molecule is C#CC(CC)NC(C)c1cccc(Cl)c1Cl. The highest BCUT2D eigenvalue weighted by molar-refractivity contribution is 6.42. The molecule has 0 heterocycles. The van der Waals surface area contributed by atoms with E-state index in [9.17, 15) is 0 Å². The number of benzene rings is 1. The first-order valence-corrected chi connectivity index (χ1v) is 6.01. The molecule has 0 spiro atoms. The number of nitrogens with one attached hydrogen (secondary N) is 1. The van der Waals surface area contributed by atoms with Gasteiger partial charge in [0.2, 0.25) is 0 Å². The fourth-order valence-electron chi connectivity index (χ4n) is 1.53. The second kappa shape index (κ2) is 6.15. The van der Waals surface area contributed by atoms with Crippen LogP contribution in [0.25, 0.3) is 0 Å². The largest absolute Gasteiger partial charge is 0.297 e. The maximum Gasteiger partial charge on any atom is 0.0688 e. The molecule has 0 aromatic heterocycles. The van der Waals surface area contributed by atoms with Crippen LogP contribution in [0, 0.1) is 12.3 Å². The van der Waals surface area contributed by atoms with Crippen molar-refractivity contribution in [3.8, 4) is 12.3 Å². The van der Waals surface area contributed by atoms with Gasteiger partial charge in [-0.3, -0.25) is 5.32 Å². The van der Waals surface area contributed by atoms with Gasteiger partial charge in [-0.1, -0.05) is 48.2 Å². The van der Waals surface area contributed by atoms with Gasteiger partial charge in [-0.15, -0.1) is 6.42 Å². The fraction of sp³-hybridized carbons (Fsp3) is 0.385. The fourth-order valence-corrected chi connectivity index (χ4v) is 2.00. The van der Waals surface area contributed by atoms with Crippen molar-refractivity contribution in [2.24, 2.45) is 0 Å². The lowest BCUT2D eigenvalue weighted by atomic mass is 10.1. The molecule has 0 amide bonds. The van der Waals surface area contributed by atoms with Gasteiger partial charge in [0.05, 0.1) is 16.1 Å². The standard InChI is InChI=1S/C13H15Cl2N/c1-4-10(5-2)16-9(3)11-7-6-8-12(14)13(11)15/h1,6-10,16H,5H2,2-3H3. The maximum atomic E-state index is 6.13. The molecule has 2 unspecified atom stereocenters. The third-order valence-electron chi connectivity index (χ3n) is 2.51. The predicted molar refractivity (Wildman–Crippen MR) is 70.9 cm³/mol. The molecule has 0 fully saturated rings. The van der Waals surface area contributed by atoms with Gasteiger partial charge in [0.15, 0.2) is 0 Å². The number of halogens is 2. The van der Waals surface area contributed by atoms with Gasteiger partial charge < -0.3 is 0 Å². The molecule has 0 bridgehead atoms. The van der Waals surface area contributed by atoms with Gasteiger partial charge in [0, 0.05) is 6.04 Å². The second-order valence-corrected chi connectivity index (χ2v) is 4.44. The Kier molecular flexibility index (Phi) is 5.15. The molecule has 86 valence electrons. The van der Waals surface area contributed by atoms with Crippen LogP contribution in [-0.4, -0.2) is 6.04 Å². The van der Waals surface area contributed by atoms with E-state index in [-0.39, 0.29) is 12.1 Å². The summed E-state index contributed by atoms with van der Waals surface area (Å²) in [4.78, 5) is 0. The van der Waals surface area contributed by atoms with Crippen LogP contribution in [0.1, 0.15) is 31.9 Å². The zero-order chi connectivity index (χ0) is 12.1. The van der Waals surface area contributed by atoms with Crippen LogP contribution in [0.4, 0.5) is 0 Å². The van der Waals surface area contributed by atoms with E-state index in [4.69, 9.17) is 29.6 Å². The monoisotopic (exact) mass is 255 g/mol. The Balaban J connectivity index is 2.85. The smallest absolute Gasteiger partial charge is 0.0688 e. The summed E-state index contributed by atoms with van der Waals surface area (Å²) in [6, 6.07) is 5.77. The van der Waals surface area contributed by atoms with Gasteiger partial charge in [0.25, 0.3) is 0 Å². The number of terminal acetylenes is 1. The Labute approximate surface area is 107 Å². The van der Waals surface area contributed by atoms with Gasteiger partial charge in [-0.2, -0.15) is 0 Å². The summed E-state index contributed by atoms with van der Waals surface area (Å²) in [6.45, 7) is 4.07. The summed E-state index contributed by atoms with van der Waals surface area (Å²) in [5.74, 6) is 2.70. The molecule has 0 saturated heterocycles. The summed E-state index contributed by atoms with van der Waals surface area (Å²) >= 11 is 12.1. The van der Waals surface area contributed by atoms with Crippen molar-refractivity contribution < 1.29 is 0 Å². The van der Waals surface area contributed by atoms with E-state index in [1.54, 1.807) is 6.07 Å². The third-order valence-corrected chi connectivity index (χ3v) is 3.34. The van der Waals surface area contributed by atoms with Gasteiger partial charge in [0.1, 0.15) is 0 Å². The van der Waals surface area contributed by atoms with Crippen molar-refractivity contribution in [1.29, 1.82) is 0 Å².